The third-order valence-electron chi connectivity index (χ3n) is 4.24. The summed E-state index contributed by atoms with van der Waals surface area (Å²) in [6.45, 7) is 2.46. The number of carbonyl (C=O) groups is 1. The third-order valence-corrected chi connectivity index (χ3v) is 4.48. The standard InChI is InChI=1S/C19H20ClNO4/c1-4-25-16-6-5-11(20)7-14(16)12-9-19(22)21-15-10-18(24-3)17(23-2)8-13(12)15/h5-8,10,12H,4,9H2,1-3H3,(H,21,22). The van der Waals surface area contributed by atoms with Crippen molar-refractivity contribution in [1.82, 2.24) is 0 Å². The maximum Gasteiger partial charge on any atom is 0.225 e. The molecule has 0 bridgehead atoms. The summed E-state index contributed by atoms with van der Waals surface area (Å²) in [5.41, 5.74) is 2.54. The van der Waals surface area contributed by atoms with Gasteiger partial charge in [-0.15, -0.1) is 0 Å². The number of ether oxygens (including phenoxy) is 3. The molecular formula is C19H20ClNO4. The van der Waals surface area contributed by atoms with Gasteiger partial charge in [0.25, 0.3) is 0 Å². The van der Waals surface area contributed by atoms with Crippen LogP contribution in [0.2, 0.25) is 5.02 Å². The Morgan fingerprint density at radius 3 is 2.48 bits per heavy atom. The number of rotatable bonds is 5. The van der Waals surface area contributed by atoms with Crippen molar-refractivity contribution in [3.05, 3.63) is 46.5 Å². The fourth-order valence-electron chi connectivity index (χ4n) is 3.14. The van der Waals surface area contributed by atoms with Gasteiger partial charge in [-0.3, -0.25) is 4.79 Å². The van der Waals surface area contributed by atoms with E-state index in [9.17, 15) is 4.79 Å². The van der Waals surface area contributed by atoms with Crippen molar-refractivity contribution in [3.8, 4) is 17.2 Å². The van der Waals surface area contributed by atoms with Crippen LogP contribution in [0.5, 0.6) is 17.2 Å². The van der Waals surface area contributed by atoms with Gasteiger partial charge in [-0.1, -0.05) is 11.6 Å². The zero-order chi connectivity index (χ0) is 18.0. The number of methoxy groups -OCH3 is 2. The molecule has 0 spiro atoms. The first-order valence-corrected chi connectivity index (χ1v) is 8.43. The van der Waals surface area contributed by atoms with E-state index in [1.165, 1.54) is 0 Å². The number of hydrogen-bond acceptors (Lipinski definition) is 4. The second-order valence-electron chi connectivity index (χ2n) is 5.71. The molecule has 5 nitrogen and oxygen atoms in total. The third kappa shape index (κ3) is 3.37. The number of amides is 1. The van der Waals surface area contributed by atoms with Crippen LogP contribution >= 0.6 is 11.6 Å². The van der Waals surface area contributed by atoms with Gasteiger partial charge in [0.1, 0.15) is 5.75 Å². The molecule has 1 N–H and O–H groups in total. The molecule has 2 aromatic carbocycles. The van der Waals surface area contributed by atoms with Crippen LogP contribution in [0.3, 0.4) is 0 Å². The molecule has 25 heavy (non-hydrogen) atoms. The molecule has 0 fully saturated rings. The van der Waals surface area contributed by atoms with Gasteiger partial charge in [0.15, 0.2) is 11.5 Å². The molecule has 6 heteroatoms. The van der Waals surface area contributed by atoms with Crippen LogP contribution in [0.15, 0.2) is 30.3 Å². The van der Waals surface area contributed by atoms with E-state index in [4.69, 9.17) is 25.8 Å². The van der Waals surface area contributed by atoms with E-state index in [1.807, 2.05) is 25.1 Å². The summed E-state index contributed by atoms with van der Waals surface area (Å²) in [5.74, 6) is 1.67. The molecular weight excluding hydrogens is 342 g/mol. The highest BCUT2D eigenvalue weighted by molar-refractivity contribution is 6.30. The maximum absolute atomic E-state index is 12.3. The molecule has 0 radical (unpaired) electrons. The van der Waals surface area contributed by atoms with Crippen LogP contribution in [-0.4, -0.2) is 26.7 Å². The van der Waals surface area contributed by atoms with Crippen molar-refractivity contribution >= 4 is 23.2 Å². The lowest BCUT2D eigenvalue weighted by Crippen LogP contribution is -2.24. The van der Waals surface area contributed by atoms with Gasteiger partial charge in [0.2, 0.25) is 5.91 Å². The van der Waals surface area contributed by atoms with E-state index >= 15 is 0 Å². The van der Waals surface area contributed by atoms with Gasteiger partial charge in [-0.25, -0.2) is 0 Å². The molecule has 0 saturated carbocycles. The summed E-state index contributed by atoms with van der Waals surface area (Å²) >= 11 is 6.21. The Labute approximate surface area is 151 Å². The molecule has 1 aliphatic heterocycles. The fourth-order valence-corrected chi connectivity index (χ4v) is 3.32. The molecule has 1 heterocycles. The first kappa shape index (κ1) is 17.4. The van der Waals surface area contributed by atoms with Crippen LogP contribution in [0.1, 0.15) is 30.4 Å². The first-order chi connectivity index (χ1) is 12.1. The van der Waals surface area contributed by atoms with Gasteiger partial charge in [0.05, 0.1) is 20.8 Å². The Kier molecular flexibility index (Phi) is 5.04. The Morgan fingerprint density at radius 1 is 1.08 bits per heavy atom. The monoisotopic (exact) mass is 361 g/mol. The van der Waals surface area contributed by atoms with Crippen LogP contribution in [0.25, 0.3) is 0 Å². The average Bonchev–Trinajstić information content (AvgIpc) is 2.61. The van der Waals surface area contributed by atoms with Crippen molar-refractivity contribution < 1.29 is 19.0 Å². The number of nitrogens with one attached hydrogen (secondary N) is 1. The number of halogens is 1. The minimum Gasteiger partial charge on any atom is -0.494 e. The summed E-state index contributed by atoms with van der Waals surface area (Å²) in [6.07, 6.45) is 0.308. The van der Waals surface area contributed by atoms with Crippen molar-refractivity contribution in [2.45, 2.75) is 19.3 Å². The first-order valence-electron chi connectivity index (χ1n) is 8.05. The summed E-state index contributed by atoms with van der Waals surface area (Å²) in [6, 6.07) is 9.16. The lowest BCUT2D eigenvalue weighted by molar-refractivity contribution is -0.116. The molecule has 0 saturated heterocycles. The Bertz CT molecular complexity index is 806. The van der Waals surface area contributed by atoms with Gasteiger partial charge >= 0.3 is 0 Å². The summed E-state index contributed by atoms with van der Waals surface area (Å²) in [4.78, 5) is 12.3. The number of carbonyl (C=O) groups excluding carboxylic acids is 1. The second kappa shape index (κ2) is 7.23. The maximum atomic E-state index is 12.3. The molecule has 0 aliphatic carbocycles. The van der Waals surface area contributed by atoms with Crippen molar-refractivity contribution in [3.63, 3.8) is 0 Å². The molecule has 1 aliphatic rings. The van der Waals surface area contributed by atoms with Gasteiger partial charge < -0.3 is 19.5 Å². The number of benzene rings is 2. The largest absolute Gasteiger partial charge is 0.494 e. The van der Waals surface area contributed by atoms with Crippen LogP contribution in [0.4, 0.5) is 5.69 Å². The van der Waals surface area contributed by atoms with Gasteiger partial charge in [-0.05, 0) is 36.8 Å². The molecule has 0 aromatic heterocycles. The smallest absolute Gasteiger partial charge is 0.225 e. The van der Waals surface area contributed by atoms with E-state index in [2.05, 4.69) is 5.32 Å². The van der Waals surface area contributed by atoms with E-state index in [-0.39, 0.29) is 11.8 Å². The summed E-state index contributed by atoms with van der Waals surface area (Å²) in [5, 5.41) is 3.51. The van der Waals surface area contributed by atoms with Crippen molar-refractivity contribution in [1.29, 1.82) is 0 Å². The lowest BCUT2D eigenvalue weighted by atomic mass is 9.84. The number of anilines is 1. The SMILES string of the molecule is CCOc1ccc(Cl)cc1C1CC(=O)Nc2cc(OC)c(OC)cc21. The normalized spacial score (nSPS) is 16.0. The molecule has 1 unspecified atom stereocenters. The summed E-state index contributed by atoms with van der Waals surface area (Å²) in [7, 11) is 3.15. The molecule has 1 amide bonds. The average molecular weight is 362 g/mol. The Morgan fingerprint density at radius 2 is 1.80 bits per heavy atom. The zero-order valence-electron chi connectivity index (χ0n) is 14.4. The minimum atomic E-state index is -0.177. The van der Waals surface area contributed by atoms with Gasteiger partial charge in [-0.2, -0.15) is 0 Å². The quantitative estimate of drug-likeness (QED) is 0.865. The topological polar surface area (TPSA) is 56.8 Å². The minimum absolute atomic E-state index is 0.0628. The highest BCUT2D eigenvalue weighted by atomic mass is 35.5. The summed E-state index contributed by atoms with van der Waals surface area (Å²) < 4.78 is 16.5. The van der Waals surface area contributed by atoms with E-state index in [1.54, 1.807) is 26.4 Å². The Balaban J connectivity index is 2.16. The van der Waals surface area contributed by atoms with Crippen molar-refractivity contribution in [2.24, 2.45) is 0 Å². The van der Waals surface area contributed by atoms with E-state index < -0.39 is 0 Å². The lowest BCUT2D eigenvalue weighted by Gasteiger charge is -2.28. The van der Waals surface area contributed by atoms with E-state index in [0.29, 0.717) is 35.2 Å². The predicted octanol–water partition coefficient (Wildman–Crippen LogP) is 4.23. The molecule has 132 valence electrons. The zero-order valence-corrected chi connectivity index (χ0v) is 15.1. The highest BCUT2D eigenvalue weighted by Crippen LogP contribution is 2.45. The van der Waals surface area contributed by atoms with Crippen molar-refractivity contribution in [2.75, 3.05) is 26.1 Å². The van der Waals surface area contributed by atoms with E-state index in [0.717, 1.165) is 16.9 Å². The number of fused-ring (bicyclic) bond motifs is 1. The molecule has 1 atom stereocenters. The fraction of sp³-hybridized carbons (Fsp3) is 0.316. The predicted molar refractivity (Wildman–Crippen MR) is 97.3 cm³/mol. The van der Waals surface area contributed by atoms with Crippen LogP contribution < -0.4 is 19.5 Å². The van der Waals surface area contributed by atoms with Crippen LogP contribution in [0, 0.1) is 0 Å². The molecule has 3 rings (SSSR count). The number of hydrogen-bond donors (Lipinski definition) is 1. The highest BCUT2D eigenvalue weighted by Gasteiger charge is 2.30. The van der Waals surface area contributed by atoms with Crippen LogP contribution in [-0.2, 0) is 4.79 Å². The Hall–Kier alpha value is -2.40. The van der Waals surface area contributed by atoms with Gasteiger partial charge in [0, 0.05) is 34.7 Å². The molecule has 2 aromatic rings. The second-order valence-corrected chi connectivity index (χ2v) is 6.15.